The van der Waals surface area contributed by atoms with E-state index in [1.807, 2.05) is 18.2 Å². The van der Waals surface area contributed by atoms with E-state index in [-0.39, 0.29) is 11.8 Å². The smallest absolute Gasteiger partial charge is 0.259 e. The highest BCUT2D eigenvalue weighted by Gasteiger charge is 2.26. The van der Waals surface area contributed by atoms with Crippen LogP contribution >= 0.6 is 0 Å². The second-order valence-electron chi connectivity index (χ2n) is 7.68. The molecule has 0 bridgehead atoms. The monoisotopic (exact) mass is 399 g/mol. The van der Waals surface area contributed by atoms with Gasteiger partial charge in [0.2, 0.25) is 5.91 Å². The number of benzene rings is 2. The molecule has 5 heteroatoms. The maximum Gasteiger partial charge on any atom is 0.259 e. The third-order valence-corrected chi connectivity index (χ3v) is 5.41. The highest BCUT2D eigenvalue weighted by Crippen LogP contribution is 2.32. The number of anilines is 2. The summed E-state index contributed by atoms with van der Waals surface area (Å²) in [5.74, 6) is -0.0754. The van der Waals surface area contributed by atoms with Crippen LogP contribution in [0.3, 0.4) is 0 Å². The summed E-state index contributed by atoms with van der Waals surface area (Å²) >= 11 is 0. The second kappa shape index (κ2) is 8.91. The summed E-state index contributed by atoms with van der Waals surface area (Å²) in [7, 11) is 0. The van der Waals surface area contributed by atoms with E-state index in [1.54, 1.807) is 29.4 Å². The molecule has 1 N–H and O–H groups in total. The molecule has 0 saturated heterocycles. The number of amides is 2. The number of hydrogen-bond donors (Lipinski definition) is 1. The van der Waals surface area contributed by atoms with Gasteiger partial charge in [-0.15, -0.1) is 0 Å². The van der Waals surface area contributed by atoms with Crippen LogP contribution in [-0.4, -0.2) is 23.3 Å². The topological polar surface area (TPSA) is 62.3 Å². The molecule has 0 saturated carbocycles. The van der Waals surface area contributed by atoms with Gasteiger partial charge in [-0.2, -0.15) is 0 Å². The number of nitrogens with zero attached hydrogens (tertiary/aromatic N) is 2. The molecular weight excluding hydrogens is 374 g/mol. The summed E-state index contributed by atoms with van der Waals surface area (Å²) in [6, 6.07) is 17.8. The van der Waals surface area contributed by atoms with E-state index in [9.17, 15) is 9.59 Å². The van der Waals surface area contributed by atoms with Gasteiger partial charge in [0, 0.05) is 36.7 Å². The predicted molar refractivity (Wildman–Crippen MR) is 119 cm³/mol. The number of pyridine rings is 1. The van der Waals surface area contributed by atoms with Crippen molar-refractivity contribution in [3.8, 4) is 0 Å². The van der Waals surface area contributed by atoms with Crippen LogP contribution in [0, 0.1) is 6.92 Å². The summed E-state index contributed by atoms with van der Waals surface area (Å²) in [5.41, 5.74) is 5.75. The average molecular weight is 399 g/mol. The average Bonchev–Trinajstić information content (AvgIpc) is 3.18. The lowest BCUT2D eigenvalue weighted by molar-refractivity contribution is -0.116. The molecule has 152 valence electrons. The highest BCUT2D eigenvalue weighted by molar-refractivity contribution is 6.07. The van der Waals surface area contributed by atoms with Crippen molar-refractivity contribution in [3.05, 3.63) is 89.2 Å². The first-order valence-electron chi connectivity index (χ1n) is 10.3. The van der Waals surface area contributed by atoms with E-state index in [0.29, 0.717) is 18.5 Å². The molecule has 0 unspecified atom stereocenters. The molecule has 4 rings (SSSR count). The SMILES string of the molecule is Cc1ccc(CCCC(=O)Nc2ccc3c(c2)N(C(=O)c2cccnc2)CC3)cc1. The van der Waals surface area contributed by atoms with Crippen molar-refractivity contribution in [2.24, 2.45) is 0 Å². The highest BCUT2D eigenvalue weighted by atomic mass is 16.2. The molecule has 2 heterocycles. The number of aromatic nitrogens is 1. The lowest BCUT2D eigenvalue weighted by Crippen LogP contribution is -2.29. The summed E-state index contributed by atoms with van der Waals surface area (Å²) in [4.78, 5) is 31.0. The van der Waals surface area contributed by atoms with Gasteiger partial charge in [-0.25, -0.2) is 0 Å². The molecule has 30 heavy (non-hydrogen) atoms. The Balaban J connectivity index is 1.37. The number of aryl methyl sites for hydroxylation is 2. The molecule has 1 aromatic heterocycles. The summed E-state index contributed by atoms with van der Waals surface area (Å²) in [6.45, 7) is 2.70. The van der Waals surface area contributed by atoms with Crippen LogP contribution in [0.1, 0.15) is 39.9 Å². The van der Waals surface area contributed by atoms with Crippen molar-refractivity contribution in [1.29, 1.82) is 0 Å². The van der Waals surface area contributed by atoms with E-state index in [2.05, 4.69) is 41.5 Å². The van der Waals surface area contributed by atoms with E-state index < -0.39 is 0 Å². The first-order valence-corrected chi connectivity index (χ1v) is 10.3. The Morgan fingerprint density at radius 3 is 2.70 bits per heavy atom. The van der Waals surface area contributed by atoms with Crippen LogP contribution in [0.4, 0.5) is 11.4 Å². The van der Waals surface area contributed by atoms with Gasteiger partial charge in [0.15, 0.2) is 0 Å². The molecule has 3 aromatic rings. The molecule has 0 radical (unpaired) electrons. The standard InChI is InChI=1S/C25H25N3O2/c1-18-7-9-19(10-8-18)4-2-6-24(29)27-22-12-11-20-13-15-28(23(20)16-22)25(30)21-5-3-14-26-17-21/h3,5,7-12,14,16-17H,2,4,6,13,15H2,1H3,(H,27,29). The predicted octanol–water partition coefficient (Wildman–Crippen LogP) is 4.55. The summed E-state index contributed by atoms with van der Waals surface area (Å²) in [6.07, 6.45) is 6.19. The number of fused-ring (bicyclic) bond motifs is 1. The lowest BCUT2D eigenvalue weighted by atomic mass is 10.1. The van der Waals surface area contributed by atoms with Crippen LogP contribution in [0.2, 0.25) is 0 Å². The van der Waals surface area contributed by atoms with Gasteiger partial charge in [-0.3, -0.25) is 14.6 Å². The first-order chi connectivity index (χ1) is 14.6. The Morgan fingerprint density at radius 1 is 1.10 bits per heavy atom. The molecule has 0 aliphatic carbocycles. The van der Waals surface area contributed by atoms with Crippen molar-refractivity contribution < 1.29 is 9.59 Å². The molecule has 1 aliphatic rings. The van der Waals surface area contributed by atoms with Crippen molar-refractivity contribution in [3.63, 3.8) is 0 Å². The Kier molecular flexibility index (Phi) is 5.89. The van der Waals surface area contributed by atoms with E-state index in [4.69, 9.17) is 0 Å². The third kappa shape index (κ3) is 4.57. The van der Waals surface area contributed by atoms with Gasteiger partial charge in [0.25, 0.3) is 5.91 Å². The molecule has 0 atom stereocenters. The maximum atomic E-state index is 12.8. The molecule has 2 aromatic carbocycles. The van der Waals surface area contributed by atoms with Crippen LogP contribution in [0.15, 0.2) is 67.0 Å². The second-order valence-corrected chi connectivity index (χ2v) is 7.68. The van der Waals surface area contributed by atoms with Gasteiger partial charge in [0.05, 0.1) is 5.56 Å². The quantitative estimate of drug-likeness (QED) is 0.661. The number of carbonyl (C=O) groups excluding carboxylic acids is 2. The zero-order valence-electron chi connectivity index (χ0n) is 17.1. The molecule has 2 amide bonds. The van der Waals surface area contributed by atoms with Crippen LogP contribution in [-0.2, 0) is 17.6 Å². The van der Waals surface area contributed by atoms with Crippen molar-refractivity contribution in [1.82, 2.24) is 4.98 Å². The minimum atomic E-state index is -0.0663. The van der Waals surface area contributed by atoms with Crippen LogP contribution in [0.5, 0.6) is 0 Å². The summed E-state index contributed by atoms with van der Waals surface area (Å²) in [5, 5.41) is 2.98. The normalized spacial score (nSPS) is 12.5. The largest absolute Gasteiger partial charge is 0.326 e. The zero-order valence-corrected chi connectivity index (χ0v) is 17.1. The molecular formula is C25H25N3O2. The van der Waals surface area contributed by atoms with Gasteiger partial charge >= 0.3 is 0 Å². The van der Waals surface area contributed by atoms with Crippen molar-refractivity contribution in [2.75, 3.05) is 16.8 Å². The van der Waals surface area contributed by atoms with Crippen LogP contribution < -0.4 is 10.2 Å². The van der Waals surface area contributed by atoms with Gasteiger partial charge in [-0.1, -0.05) is 35.9 Å². The minimum Gasteiger partial charge on any atom is -0.326 e. The van der Waals surface area contributed by atoms with Crippen LogP contribution in [0.25, 0.3) is 0 Å². The van der Waals surface area contributed by atoms with E-state index in [1.165, 1.54) is 11.1 Å². The van der Waals surface area contributed by atoms with Crippen molar-refractivity contribution >= 4 is 23.2 Å². The Bertz CT molecular complexity index is 1050. The van der Waals surface area contributed by atoms with E-state index >= 15 is 0 Å². The minimum absolute atomic E-state index is 0.00908. The third-order valence-electron chi connectivity index (χ3n) is 5.41. The fraction of sp³-hybridized carbons (Fsp3) is 0.240. The number of rotatable bonds is 6. The Labute approximate surface area is 176 Å². The molecule has 0 fully saturated rings. The first kappa shape index (κ1) is 19.8. The fourth-order valence-electron chi connectivity index (χ4n) is 3.74. The Hall–Kier alpha value is -3.47. The lowest BCUT2D eigenvalue weighted by Gasteiger charge is -2.18. The number of hydrogen-bond acceptors (Lipinski definition) is 3. The Morgan fingerprint density at radius 2 is 1.93 bits per heavy atom. The summed E-state index contributed by atoms with van der Waals surface area (Å²) < 4.78 is 0. The number of nitrogens with one attached hydrogen (secondary N) is 1. The van der Waals surface area contributed by atoms with Gasteiger partial charge in [-0.05, 0) is 61.6 Å². The number of carbonyl (C=O) groups is 2. The zero-order chi connectivity index (χ0) is 20.9. The molecule has 0 spiro atoms. The molecule has 1 aliphatic heterocycles. The van der Waals surface area contributed by atoms with Crippen molar-refractivity contribution in [2.45, 2.75) is 32.6 Å². The van der Waals surface area contributed by atoms with Gasteiger partial charge in [0.1, 0.15) is 0 Å². The van der Waals surface area contributed by atoms with E-state index in [0.717, 1.165) is 36.2 Å². The maximum absolute atomic E-state index is 12.8. The fourth-order valence-corrected chi connectivity index (χ4v) is 3.74. The molecule has 5 nitrogen and oxygen atoms in total. The van der Waals surface area contributed by atoms with Gasteiger partial charge < -0.3 is 10.2 Å².